The van der Waals surface area contributed by atoms with Crippen LogP contribution in [0.1, 0.15) is 35.5 Å². The normalized spacial score (nSPS) is 11.0. The summed E-state index contributed by atoms with van der Waals surface area (Å²) in [5.74, 6) is 0.161. The molecule has 4 heteroatoms. The van der Waals surface area contributed by atoms with Crippen LogP contribution >= 0.6 is 0 Å². The van der Waals surface area contributed by atoms with Gasteiger partial charge in [-0.05, 0) is 47.9 Å². The second-order valence-electron chi connectivity index (χ2n) is 7.20. The molecule has 0 bridgehead atoms. The van der Waals surface area contributed by atoms with Gasteiger partial charge < -0.3 is 9.47 Å². The van der Waals surface area contributed by atoms with Crippen molar-refractivity contribution in [2.45, 2.75) is 26.9 Å². The van der Waals surface area contributed by atoms with Crippen molar-refractivity contribution >= 4 is 5.91 Å². The van der Waals surface area contributed by atoms with E-state index < -0.39 is 0 Å². The van der Waals surface area contributed by atoms with Gasteiger partial charge in [0.05, 0.1) is 6.54 Å². The average Bonchev–Trinajstić information content (AvgIpc) is 3.07. The van der Waals surface area contributed by atoms with Gasteiger partial charge in [0.1, 0.15) is 5.82 Å². The average molecular weight is 364 g/mol. The summed E-state index contributed by atoms with van der Waals surface area (Å²) in [6, 6.07) is 20.0. The molecule has 0 saturated heterocycles. The fraction of sp³-hybridized carbons (Fsp3) is 0.261. The number of hydrogen-bond donors (Lipinski definition) is 0. The van der Waals surface area contributed by atoms with Crippen LogP contribution < -0.4 is 0 Å². The molecule has 3 aromatic rings. The first-order chi connectivity index (χ1) is 13.0. The maximum Gasteiger partial charge on any atom is 0.254 e. The summed E-state index contributed by atoms with van der Waals surface area (Å²) in [5.41, 5.74) is 2.63. The number of hydrogen-bond acceptors (Lipinski definition) is 1. The van der Waals surface area contributed by atoms with E-state index in [0.29, 0.717) is 31.1 Å². The Bertz CT molecular complexity index is 886. The number of aromatic nitrogens is 1. The lowest BCUT2D eigenvalue weighted by molar-refractivity contribution is 0.0718. The van der Waals surface area contributed by atoms with Crippen molar-refractivity contribution in [3.8, 4) is 0 Å². The van der Waals surface area contributed by atoms with Crippen LogP contribution in [0.2, 0.25) is 0 Å². The van der Waals surface area contributed by atoms with E-state index in [1.807, 2.05) is 59.6 Å². The van der Waals surface area contributed by atoms with E-state index in [2.05, 4.69) is 18.4 Å². The van der Waals surface area contributed by atoms with Crippen molar-refractivity contribution in [1.82, 2.24) is 9.47 Å². The number of nitrogens with zero attached hydrogens (tertiary/aromatic N) is 2. The molecule has 3 nitrogen and oxygen atoms in total. The van der Waals surface area contributed by atoms with Gasteiger partial charge in [0, 0.05) is 30.5 Å². The number of carbonyl (C=O) groups excluding carboxylic acids is 1. The van der Waals surface area contributed by atoms with Crippen molar-refractivity contribution in [3.05, 3.63) is 95.6 Å². The van der Waals surface area contributed by atoms with Gasteiger partial charge in [-0.1, -0.05) is 44.2 Å². The monoisotopic (exact) mass is 364 g/mol. The van der Waals surface area contributed by atoms with Crippen LogP contribution in [0.3, 0.4) is 0 Å². The molecular formula is C23H25FN2O. The summed E-state index contributed by atoms with van der Waals surface area (Å²) in [5, 5.41) is 0. The highest BCUT2D eigenvalue weighted by Crippen LogP contribution is 2.15. The van der Waals surface area contributed by atoms with Gasteiger partial charge in [0.2, 0.25) is 0 Å². The van der Waals surface area contributed by atoms with Crippen LogP contribution in [-0.4, -0.2) is 21.9 Å². The smallest absolute Gasteiger partial charge is 0.254 e. The van der Waals surface area contributed by atoms with Crippen molar-refractivity contribution in [2.75, 3.05) is 6.54 Å². The van der Waals surface area contributed by atoms with Crippen LogP contribution in [0.4, 0.5) is 4.39 Å². The molecule has 140 valence electrons. The lowest BCUT2D eigenvalue weighted by Gasteiger charge is -2.25. The molecule has 0 radical (unpaired) electrons. The predicted octanol–water partition coefficient (Wildman–Crippen LogP) is 4.97. The molecule has 1 heterocycles. The van der Waals surface area contributed by atoms with Crippen LogP contribution in [-0.2, 0) is 13.1 Å². The molecule has 0 aliphatic rings. The first kappa shape index (κ1) is 18.9. The van der Waals surface area contributed by atoms with Gasteiger partial charge in [0.25, 0.3) is 5.91 Å². The summed E-state index contributed by atoms with van der Waals surface area (Å²) in [6.07, 6.45) is 1.97. The Hall–Kier alpha value is -2.88. The predicted molar refractivity (Wildman–Crippen MR) is 106 cm³/mol. The Morgan fingerprint density at radius 3 is 2.52 bits per heavy atom. The maximum absolute atomic E-state index is 13.5. The van der Waals surface area contributed by atoms with Gasteiger partial charge in [-0.2, -0.15) is 0 Å². The van der Waals surface area contributed by atoms with Gasteiger partial charge >= 0.3 is 0 Å². The number of carbonyl (C=O) groups is 1. The van der Waals surface area contributed by atoms with Crippen LogP contribution in [0.5, 0.6) is 0 Å². The molecule has 3 rings (SSSR count). The molecule has 2 aromatic carbocycles. The van der Waals surface area contributed by atoms with E-state index in [-0.39, 0.29) is 11.7 Å². The lowest BCUT2D eigenvalue weighted by atomic mass is 10.1. The van der Waals surface area contributed by atoms with Crippen molar-refractivity contribution in [1.29, 1.82) is 0 Å². The Morgan fingerprint density at radius 1 is 1.04 bits per heavy atom. The quantitative estimate of drug-likeness (QED) is 0.581. The Labute approximate surface area is 160 Å². The number of amides is 1. The van der Waals surface area contributed by atoms with Gasteiger partial charge in [-0.3, -0.25) is 4.79 Å². The van der Waals surface area contributed by atoms with Crippen molar-refractivity contribution < 1.29 is 9.18 Å². The second-order valence-corrected chi connectivity index (χ2v) is 7.20. The van der Waals surface area contributed by atoms with E-state index in [4.69, 9.17) is 0 Å². The van der Waals surface area contributed by atoms with Gasteiger partial charge in [-0.15, -0.1) is 0 Å². The minimum absolute atomic E-state index is 0.0304. The minimum Gasteiger partial charge on any atom is -0.345 e. The van der Waals surface area contributed by atoms with Gasteiger partial charge in [-0.25, -0.2) is 4.39 Å². The number of halogens is 1. The summed E-state index contributed by atoms with van der Waals surface area (Å²) in [6.45, 7) is 6.00. The van der Waals surface area contributed by atoms with E-state index >= 15 is 0 Å². The SMILES string of the molecule is CC(C)CN(Cc1cccn1Cc1cccc(F)c1)C(=O)c1ccccc1. The van der Waals surface area contributed by atoms with Crippen LogP contribution in [0.15, 0.2) is 72.9 Å². The third-order valence-corrected chi connectivity index (χ3v) is 4.41. The highest BCUT2D eigenvalue weighted by Gasteiger charge is 2.18. The standard InChI is InChI=1S/C23H25FN2O/c1-18(2)15-26(23(27)20-9-4-3-5-10-20)17-22-12-7-13-25(22)16-19-8-6-11-21(24)14-19/h3-14,18H,15-17H2,1-2H3. The Morgan fingerprint density at radius 2 is 1.81 bits per heavy atom. The molecule has 27 heavy (non-hydrogen) atoms. The molecule has 0 aliphatic carbocycles. The number of rotatable bonds is 7. The molecule has 1 aromatic heterocycles. The van der Waals surface area contributed by atoms with E-state index in [0.717, 1.165) is 11.3 Å². The van der Waals surface area contributed by atoms with Crippen LogP contribution in [0.25, 0.3) is 0 Å². The highest BCUT2D eigenvalue weighted by atomic mass is 19.1. The number of benzene rings is 2. The third kappa shape index (κ3) is 5.07. The molecule has 0 saturated carbocycles. The second kappa shape index (κ2) is 8.67. The maximum atomic E-state index is 13.5. The Balaban J connectivity index is 1.80. The molecule has 1 amide bonds. The zero-order valence-corrected chi connectivity index (χ0v) is 15.8. The zero-order chi connectivity index (χ0) is 19.2. The highest BCUT2D eigenvalue weighted by molar-refractivity contribution is 5.94. The fourth-order valence-corrected chi connectivity index (χ4v) is 3.20. The molecule has 0 unspecified atom stereocenters. The summed E-state index contributed by atoms with van der Waals surface area (Å²) >= 11 is 0. The van der Waals surface area contributed by atoms with Gasteiger partial charge in [0.15, 0.2) is 0 Å². The van der Waals surface area contributed by atoms with E-state index in [1.54, 1.807) is 12.1 Å². The third-order valence-electron chi connectivity index (χ3n) is 4.41. The van der Waals surface area contributed by atoms with E-state index in [9.17, 15) is 9.18 Å². The summed E-state index contributed by atoms with van der Waals surface area (Å²) < 4.78 is 15.6. The molecule has 0 atom stereocenters. The fourth-order valence-electron chi connectivity index (χ4n) is 3.20. The first-order valence-corrected chi connectivity index (χ1v) is 9.25. The molecular weight excluding hydrogens is 339 g/mol. The Kier molecular flexibility index (Phi) is 6.07. The topological polar surface area (TPSA) is 25.2 Å². The molecule has 0 fully saturated rings. The van der Waals surface area contributed by atoms with Crippen molar-refractivity contribution in [2.24, 2.45) is 5.92 Å². The van der Waals surface area contributed by atoms with Crippen LogP contribution in [0, 0.1) is 11.7 Å². The zero-order valence-electron chi connectivity index (χ0n) is 15.8. The molecule has 0 N–H and O–H groups in total. The summed E-state index contributed by atoms with van der Waals surface area (Å²) in [7, 11) is 0. The summed E-state index contributed by atoms with van der Waals surface area (Å²) in [4.78, 5) is 14.9. The largest absolute Gasteiger partial charge is 0.345 e. The molecule has 0 aliphatic heterocycles. The lowest BCUT2D eigenvalue weighted by Crippen LogP contribution is -2.34. The van der Waals surface area contributed by atoms with E-state index in [1.165, 1.54) is 6.07 Å². The first-order valence-electron chi connectivity index (χ1n) is 9.25. The minimum atomic E-state index is -0.234. The van der Waals surface area contributed by atoms with Crippen molar-refractivity contribution in [3.63, 3.8) is 0 Å². The molecule has 0 spiro atoms.